The first-order valence-electron chi connectivity index (χ1n) is 9.79. The Balaban J connectivity index is 1.52. The van der Waals surface area contributed by atoms with E-state index in [1.807, 2.05) is 66.7 Å². The van der Waals surface area contributed by atoms with E-state index < -0.39 is 6.04 Å². The summed E-state index contributed by atoms with van der Waals surface area (Å²) < 4.78 is 5.43. The molecule has 1 aromatic heterocycles. The minimum Gasteiger partial charge on any atom is -0.460 e. The molecule has 0 aliphatic heterocycles. The predicted octanol–water partition coefficient (Wildman–Crippen LogP) is 4.37. The first-order valence-corrected chi connectivity index (χ1v) is 9.79. The third-order valence-corrected chi connectivity index (χ3v) is 5.08. The van der Waals surface area contributed by atoms with Gasteiger partial charge < -0.3 is 15.5 Å². The molecule has 29 heavy (non-hydrogen) atoms. The molecule has 4 nitrogen and oxygen atoms in total. The lowest BCUT2D eigenvalue weighted by Gasteiger charge is -2.13. The second kappa shape index (κ2) is 8.76. The molecule has 4 heteroatoms. The highest BCUT2D eigenvalue weighted by Gasteiger charge is 2.20. The van der Waals surface area contributed by atoms with E-state index in [0.29, 0.717) is 6.42 Å². The summed E-state index contributed by atoms with van der Waals surface area (Å²) in [5, 5.41) is 1.10. The molecule has 0 saturated heterocycles. The van der Waals surface area contributed by atoms with Crippen LogP contribution in [-0.4, -0.2) is 17.0 Å². The van der Waals surface area contributed by atoms with Crippen LogP contribution < -0.4 is 5.73 Å². The molecule has 3 N–H and O–H groups in total. The Hall–Kier alpha value is -3.37. The molecule has 4 aromatic rings. The summed E-state index contributed by atoms with van der Waals surface area (Å²) in [5.41, 5.74) is 11.6. The SMILES string of the molecule is NC(Cc1c(Cc2ccccc2)[nH]c2ccccc12)C(=O)OCc1ccccc1. The minimum atomic E-state index is -0.715. The van der Waals surface area contributed by atoms with Gasteiger partial charge in [-0.1, -0.05) is 78.9 Å². The van der Waals surface area contributed by atoms with Crippen molar-refractivity contribution < 1.29 is 9.53 Å². The van der Waals surface area contributed by atoms with Crippen molar-refractivity contribution in [2.75, 3.05) is 0 Å². The highest BCUT2D eigenvalue weighted by Crippen LogP contribution is 2.26. The number of nitrogens with two attached hydrogens (primary N) is 1. The van der Waals surface area contributed by atoms with Gasteiger partial charge in [0.05, 0.1) is 0 Å². The number of ether oxygens (including phenoxy) is 1. The minimum absolute atomic E-state index is 0.234. The van der Waals surface area contributed by atoms with Crippen LogP contribution >= 0.6 is 0 Å². The molecular weight excluding hydrogens is 360 g/mol. The molecule has 3 aromatic carbocycles. The molecular formula is C25H24N2O2. The monoisotopic (exact) mass is 384 g/mol. The van der Waals surface area contributed by atoms with Crippen LogP contribution in [0.15, 0.2) is 84.9 Å². The molecule has 1 heterocycles. The van der Waals surface area contributed by atoms with E-state index in [9.17, 15) is 4.79 Å². The molecule has 0 fully saturated rings. The summed E-state index contributed by atoms with van der Waals surface area (Å²) >= 11 is 0. The molecule has 146 valence electrons. The molecule has 0 saturated carbocycles. The van der Waals surface area contributed by atoms with E-state index in [-0.39, 0.29) is 12.6 Å². The molecule has 0 spiro atoms. The number of H-pyrrole nitrogens is 1. The van der Waals surface area contributed by atoms with Crippen molar-refractivity contribution in [3.05, 3.63) is 107 Å². The number of hydrogen-bond donors (Lipinski definition) is 2. The fourth-order valence-corrected chi connectivity index (χ4v) is 3.58. The Morgan fingerprint density at radius 3 is 2.21 bits per heavy atom. The highest BCUT2D eigenvalue weighted by atomic mass is 16.5. The summed E-state index contributed by atoms with van der Waals surface area (Å²) in [7, 11) is 0. The maximum absolute atomic E-state index is 12.5. The predicted molar refractivity (Wildman–Crippen MR) is 115 cm³/mol. The average Bonchev–Trinajstić information content (AvgIpc) is 3.10. The number of carbonyl (C=O) groups is 1. The Labute approximate surface area is 170 Å². The van der Waals surface area contributed by atoms with Gasteiger partial charge in [0.2, 0.25) is 0 Å². The molecule has 0 aliphatic carbocycles. The van der Waals surface area contributed by atoms with Crippen LogP contribution in [0.3, 0.4) is 0 Å². The van der Waals surface area contributed by atoms with Gasteiger partial charge in [-0.05, 0) is 22.8 Å². The summed E-state index contributed by atoms with van der Waals surface area (Å²) in [6.45, 7) is 0.234. The number of nitrogens with one attached hydrogen (secondary N) is 1. The third-order valence-electron chi connectivity index (χ3n) is 5.08. The maximum Gasteiger partial charge on any atom is 0.323 e. The van der Waals surface area contributed by atoms with Crippen molar-refractivity contribution in [3.8, 4) is 0 Å². The number of aromatic amines is 1. The first kappa shape index (κ1) is 19.0. The third kappa shape index (κ3) is 4.55. The summed E-state index contributed by atoms with van der Waals surface area (Å²) in [4.78, 5) is 16.0. The Morgan fingerprint density at radius 2 is 1.48 bits per heavy atom. The second-order valence-electron chi connectivity index (χ2n) is 7.19. The van der Waals surface area contributed by atoms with Crippen LogP contribution in [0, 0.1) is 0 Å². The second-order valence-corrected chi connectivity index (χ2v) is 7.19. The quantitative estimate of drug-likeness (QED) is 0.465. The van der Waals surface area contributed by atoms with Crippen LogP contribution in [0.2, 0.25) is 0 Å². The van der Waals surface area contributed by atoms with Crippen molar-refractivity contribution in [2.24, 2.45) is 5.73 Å². The number of hydrogen-bond acceptors (Lipinski definition) is 3. The van der Waals surface area contributed by atoms with Crippen LogP contribution in [0.4, 0.5) is 0 Å². The van der Waals surface area contributed by atoms with Crippen molar-refractivity contribution in [1.29, 1.82) is 0 Å². The Morgan fingerprint density at radius 1 is 0.862 bits per heavy atom. The van der Waals surface area contributed by atoms with Gasteiger partial charge in [-0.25, -0.2) is 0 Å². The summed E-state index contributed by atoms with van der Waals surface area (Å²) in [6, 6.07) is 27.3. The maximum atomic E-state index is 12.5. The lowest BCUT2D eigenvalue weighted by molar-refractivity contribution is -0.146. The lowest BCUT2D eigenvalue weighted by Crippen LogP contribution is -2.34. The smallest absolute Gasteiger partial charge is 0.323 e. The zero-order valence-corrected chi connectivity index (χ0v) is 16.2. The zero-order chi connectivity index (χ0) is 20.1. The molecule has 0 bridgehead atoms. The number of carbonyl (C=O) groups excluding carboxylic acids is 1. The molecule has 4 rings (SSSR count). The van der Waals surface area contributed by atoms with Crippen molar-refractivity contribution in [2.45, 2.75) is 25.5 Å². The number of fused-ring (bicyclic) bond motifs is 1. The van der Waals surface area contributed by atoms with Gasteiger partial charge >= 0.3 is 5.97 Å². The van der Waals surface area contributed by atoms with Crippen LogP contribution in [0.5, 0.6) is 0 Å². The topological polar surface area (TPSA) is 68.1 Å². The van der Waals surface area contributed by atoms with E-state index in [2.05, 4.69) is 23.2 Å². The Kier molecular flexibility index (Phi) is 5.73. The number of para-hydroxylation sites is 1. The van der Waals surface area contributed by atoms with Crippen molar-refractivity contribution in [1.82, 2.24) is 4.98 Å². The molecule has 1 atom stereocenters. The highest BCUT2D eigenvalue weighted by molar-refractivity contribution is 5.86. The van der Waals surface area contributed by atoms with E-state index in [0.717, 1.165) is 34.1 Å². The normalized spacial score (nSPS) is 12.0. The van der Waals surface area contributed by atoms with E-state index in [1.54, 1.807) is 0 Å². The fraction of sp³-hybridized carbons (Fsp3) is 0.160. The van der Waals surface area contributed by atoms with Crippen LogP contribution in [-0.2, 0) is 29.0 Å². The van der Waals surface area contributed by atoms with Gasteiger partial charge in [-0.2, -0.15) is 0 Å². The summed E-state index contributed by atoms with van der Waals surface area (Å²) in [6.07, 6.45) is 1.19. The fourth-order valence-electron chi connectivity index (χ4n) is 3.58. The number of esters is 1. The zero-order valence-electron chi connectivity index (χ0n) is 16.2. The molecule has 0 amide bonds. The van der Waals surface area contributed by atoms with Gasteiger partial charge in [0.15, 0.2) is 0 Å². The van der Waals surface area contributed by atoms with Crippen LogP contribution in [0.1, 0.15) is 22.4 Å². The molecule has 0 aliphatic rings. The first-order chi connectivity index (χ1) is 14.2. The standard InChI is InChI=1S/C25H24N2O2/c26-22(25(28)29-17-19-11-5-2-6-12-19)16-21-20-13-7-8-14-23(20)27-24(21)15-18-9-3-1-4-10-18/h1-14,22,27H,15-17,26H2. The van der Waals surface area contributed by atoms with Gasteiger partial charge in [-0.3, -0.25) is 4.79 Å². The van der Waals surface area contributed by atoms with Gasteiger partial charge in [0.25, 0.3) is 0 Å². The number of benzene rings is 3. The van der Waals surface area contributed by atoms with Crippen molar-refractivity contribution >= 4 is 16.9 Å². The lowest BCUT2D eigenvalue weighted by atomic mass is 9.99. The number of aromatic nitrogens is 1. The van der Waals surface area contributed by atoms with Crippen molar-refractivity contribution in [3.63, 3.8) is 0 Å². The molecule has 1 unspecified atom stereocenters. The summed E-state index contributed by atoms with van der Waals surface area (Å²) in [5.74, 6) is -0.384. The van der Waals surface area contributed by atoms with E-state index in [4.69, 9.17) is 10.5 Å². The van der Waals surface area contributed by atoms with Crippen LogP contribution in [0.25, 0.3) is 10.9 Å². The number of rotatable bonds is 7. The van der Waals surface area contributed by atoms with Gasteiger partial charge in [0, 0.05) is 29.4 Å². The molecule has 0 radical (unpaired) electrons. The van der Waals surface area contributed by atoms with E-state index >= 15 is 0 Å². The van der Waals surface area contributed by atoms with Gasteiger partial charge in [-0.15, -0.1) is 0 Å². The van der Waals surface area contributed by atoms with Gasteiger partial charge in [0.1, 0.15) is 12.6 Å². The average molecular weight is 384 g/mol. The Bertz CT molecular complexity index is 1090. The van der Waals surface area contributed by atoms with E-state index in [1.165, 1.54) is 5.56 Å². The largest absolute Gasteiger partial charge is 0.460 e.